The molecule has 2 nitrogen and oxygen atoms in total. The van der Waals surface area contributed by atoms with Crippen molar-refractivity contribution in [3.05, 3.63) is 22.4 Å². The number of rotatable bonds is 5. The third-order valence-electron chi connectivity index (χ3n) is 1.69. The van der Waals surface area contributed by atoms with E-state index in [-0.39, 0.29) is 5.78 Å². The third-order valence-corrected chi connectivity index (χ3v) is 2.42. The van der Waals surface area contributed by atoms with Gasteiger partial charge in [-0.2, -0.15) is 11.3 Å². The second-order valence-electron chi connectivity index (χ2n) is 3.38. The molecule has 0 bridgehead atoms. The fourth-order valence-corrected chi connectivity index (χ4v) is 1.67. The molecule has 1 N–H and O–H groups in total. The molecule has 0 aliphatic heterocycles. The Labute approximate surface area is 83.0 Å². The molecule has 0 saturated carbocycles. The molecule has 1 aromatic heterocycles. The summed E-state index contributed by atoms with van der Waals surface area (Å²) in [5.74, 6) is 0.257. The molecule has 0 saturated heterocycles. The summed E-state index contributed by atoms with van der Waals surface area (Å²) in [6, 6.07) is 2.38. The van der Waals surface area contributed by atoms with E-state index in [4.69, 9.17) is 0 Å². The summed E-state index contributed by atoms with van der Waals surface area (Å²) in [7, 11) is 0. The van der Waals surface area contributed by atoms with Crippen LogP contribution in [-0.4, -0.2) is 18.4 Å². The molecule has 1 rings (SSSR count). The quantitative estimate of drug-likeness (QED) is 0.780. The molecule has 0 amide bonds. The van der Waals surface area contributed by atoms with Crippen LogP contribution in [0.5, 0.6) is 0 Å². The van der Waals surface area contributed by atoms with Crippen LogP contribution in [0.2, 0.25) is 0 Å². The van der Waals surface area contributed by atoms with Gasteiger partial charge in [0.05, 0.1) is 6.54 Å². The summed E-state index contributed by atoms with van der Waals surface area (Å²) in [5.41, 5.74) is 1.13. The average Bonchev–Trinajstić information content (AvgIpc) is 2.53. The minimum atomic E-state index is 0.257. The van der Waals surface area contributed by atoms with Crippen molar-refractivity contribution in [2.24, 2.45) is 0 Å². The first-order valence-electron chi connectivity index (χ1n) is 4.44. The fraction of sp³-hybridized carbons (Fsp3) is 0.500. The molecular formula is C10H15NOS. The van der Waals surface area contributed by atoms with Crippen molar-refractivity contribution in [3.8, 4) is 0 Å². The van der Waals surface area contributed by atoms with Crippen molar-refractivity contribution in [2.75, 3.05) is 6.54 Å². The monoisotopic (exact) mass is 197 g/mol. The topological polar surface area (TPSA) is 29.1 Å². The van der Waals surface area contributed by atoms with Crippen molar-refractivity contribution in [3.63, 3.8) is 0 Å². The summed E-state index contributed by atoms with van der Waals surface area (Å²) in [5, 5.41) is 7.13. The normalized spacial score (nSPS) is 10.7. The highest BCUT2D eigenvalue weighted by molar-refractivity contribution is 7.07. The molecule has 0 aliphatic rings. The maximum Gasteiger partial charge on any atom is 0.151 e. The van der Waals surface area contributed by atoms with Crippen LogP contribution in [0.15, 0.2) is 16.8 Å². The molecule has 0 spiro atoms. The lowest BCUT2D eigenvalue weighted by atomic mass is 10.2. The van der Waals surface area contributed by atoms with Crippen molar-refractivity contribution < 1.29 is 4.79 Å². The van der Waals surface area contributed by atoms with Gasteiger partial charge in [-0.1, -0.05) is 13.8 Å². The molecule has 0 aromatic carbocycles. The van der Waals surface area contributed by atoms with Crippen molar-refractivity contribution in [1.29, 1.82) is 0 Å². The van der Waals surface area contributed by atoms with Crippen LogP contribution < -0.4 is 5.32 Å². The first-order chi connectivity index (χ1) is 6.18. The molecule has 0 atom stereocenters. The number of carbonyl (C=O) groups excluding carboxylic acids is 1. The van der Waals surface area contributed by atoms with Crippen molar-refractivity contribution >= 4 is 17.1 Å². The predicted octanol–water partition coefficient (Wildman–Crippen LogP) is 1.86. The van der Waals surface area contributed by atoms with E-state index in [0.29, 0.717) is 19.0 Å². The molecular weight excluding hydrogens is 182 g/mol. The highest BCUT2D eigenvalue weighted by Gasteiger charge is 2.04. The molecule has 0 radical (unpaired) electrons. The zero-order chi connectivity index (χ0) is 9.68. The van der Waals surface area contributed by atoms with Crippen LogP contribution in [0, 0.1) is 0 Å². The SMILES string of the molecule is CC(C)NCC(=O)Cc1ccsc1. The maximum atomic E-state index is 11.4. The Morgan fingerprint density at radius 1 is 1.62 bits per heavy atom. The van der Waals surface area contributed by atoms with E-state index in [1.54, 1.807) is 11.3 Å². The highest BCUT2D eigenvalue weighted by atomic mass is 32.1. The van der Waals surface area contributed by atoms with Gasteiger partial charge in [0.1, 0.15) is 0 Å². The van der Waals surface area contributed by atoms with Crippen molar-refractivity contribution in [2.45, 2.75) is 26.3 Å². The van der Waals surface area contributed by atoms with Crippen LogP contribution in [-0.2, 0) is 11.2 Å². The molecule has 1 aromatic rings. The van der Waals surface area contributed by atoms with E-state index >= 15 is 0 Å². The van der Waals surface area contributed by atoms with Gasteiger partial charge in [0, 0.05) is 12.5 Å². The second kappa shape index (κ2) is 5.14. The highest BCUT2D eigenvalue weighted by Crippen LogP contribution is 2.06. The minimum absolute atomic E-state index is 0.257. The first-order valence-corrected chi connectivity index (χ1v) is 5.39. The van der Waals surface area contributed by atoms with Crippen LogP contribution in [0.1, 0.15) is 19.4 Å². The molecule has 0 aliphatic carbocycles. The van der Waals surface area contributed by atoms with Gasteiger partial charge in [0.25, 0.3) is 0 Å². The van der Waals surface area contributed by atoms with Crippen LogP contribution in [0.25, 0.3) is 0 Å². The van der Waals surface area contributed by atoms with Crippen LogP contribution in [0.3, 0.4) is 0 Å². The Kier molecular flexibility index (Phi) is 4.12. The lowest BCUT2D eigenvalue weighted by Gasteiger charge is -2.05. The van der Waals surface area contributed by atoms with Crippen molar-refractivity contribution in [1.82, 2.24) is 5.32 Å². The van der Waals surface area contributed by atoms with Gasteiger partial charge < -0.3 is 5.32 Å². The molecule has 0 unspecified atom stereocenters. The number of carbonyl (C=O) groups is 1. The largest absolute Gasteiger partial charge is 0.308 e. The van der Waals surface area contributed by atoms with E-state index in [1.807, 2.05) is 30.7 Å². The molecule has 1 heterocycles. The van der Waals surface area contributed by atoms with Gasteiger partial charge in [0.15, 0.2) is 5.78 Å². The Morgan fingerprint density at radius 2 is 2.38 bits per heavy atom. The van der Waals surface area contributed by atoms with E-state index in [0.717, 1.165) is 5.56 Å². The average molecular weight is 197 g/mol. The van der Waals surface area contributed by atoms with E-state index in [1.165, 1.54) is 0 Å². The lowest BCUT2D eigenvalue weighted by molar-refractivity contribution is -0.117. The standard InChI is InChI=1S/C10H15NOS/c1-8(2)11-6-10(12)5-9-3-4-13-7-9/h3-4,7-8,11H,5-6H2,1-2H3. The summed E-state index contributed by atoms with van der Waals surface area (Å²) < 4.78 is 0. The maximum absolute atomic E-state index is 11.4. The van der Waals surface area contributed by atoms with Gasteiger partial charge in [0.2, 0.25) is 0 Å². The molecule has 0 fully saturated rings. The number of ketones is 1. The number of hydrogen-bond acceptors (Lipinski definition) is 3. The number of thiophene rings is 1. The Hall–Kier alpha value is -0.670. The van der Waals surface area contributed by atoms with Gasteiger partial charge >= 0.3 is 0 Å². The molecule has 13 heavy (non-hydrogen) atoms. The minimum Gasteiger partial charge on any atom is -0.308 e. The van der Waals surface area contributed by atoms with E-state index in [9.17, 15) is 4.79 Å². The number of hydrogen-bond donors (Lipinski definition) is 1. The zero-order valence-corrected chi connectivity index (χ0v) is 8.86. The Bertz CT molecular complexity index is 254. The second-order valence-corrected chi connectivity index (χ2v) is 4.16. The number of Topliss-reactive ketones (excluding diaryl/α,β-unsaturated/α-hetero) is 1. The first kappa shape index (κ1) is 10.4. The van der Waals surface area contributed by atoms with E-state index in [2.05, 4.69) is 5.32 Å². The van der Waals surface area contributed by atoms with Crippen LogP contribution in [0.4, 0.5) is 0 Å². The molecule has 3 heteroatoms. The Morgan fingerprint density at radius 3 is 2.92 bits per heavy atom. The molecule has 72 valence electrons. The lowest BCUT2D eigenvalue weighted by Crippen LogP contribution is -2.29. The fourth-order valence-electron chi connectivity index (χ4n) is 1.00. The van der Waals surface area contributed by atoms with Gasteiger partial charge in [-0.05, 0) is 22.4 Å². The third kappa shape index (κ3) is 4.20. The number of nitrogens with one attached hydrogen (secondary N) is 1. The van der Waals surface area contributed by atoms with E-state index < -0.39 is 0 Å². The van der Waals surface area contributed by atoms with Crippen LogP contribution >= 0.6 is 11.3 Å². The Balaban J connectivity index is 2.26. The predicted molar refractivity (Wildman–Crippen MR) is 56.2 cm³/mol. The smallest absolute Gasteiger partial charge is 0.151 e. The summed E-state index contributed by atoms with van der Waals surface area (Å²) in [4.78, 5) is 11.4. The zero-order valence-electron chi connectivity index (χ0n) is 8.04. The summed E-state index contributed by atoms with van der Waals surface area (Å²) in [6.07, 6.45) is 0.559. The van der Waals surface area contributed by atoms with Gasteiger partial charge in [-0.15, -0.1) is 0 Å². The van der Waals surface area contributed by atoms with Gasteiger partial charge in [-0.3, -0.25) is 4.79 Å². The van der Waals surface area contributed by atoms with Gasteiger partial charge in [-0.25, -0.2) is 0 Å². The summed E-state index contributed by atoms with van der Waals surface area (Å²) >= 11 is 1.63. The summed E-state index contributed by atoms with van der Waals surface area (Å²) in [6.45, 7) is 4.56.